The van der Waals surface area contributed by atoms with Gasteiger partial charge >= 0.3 is 0 Å². The van der Waals surface area contributed by atoms with Crippen LogP contribution in [0.3, 0.4) is 0 Å². The zero-order chi connectivity index (χ0) is 16.0. The van der Waals surface area contributed by atoms with Crippen molar-refractivity contribution in [1.29, 1.82) is 0 Å². The molecule has 3 N–H and O–H groups in total. The number of hydrogen-bond donors (Lipinski definition) is 2. The number of hydrogen-bond acceptors (Lipinski definition) is 2. The number of benzene rings is 1. The Kier molecular flexibility index (Phi) is 8.00. The van der Waals surface area contributed by atoms with Crippen molar-refractivity contribution in [1.82, 2.24) is 5.32 Å². The Bertz CT molecular complexity index is 486. The molecule has 2 rings (SSSR count). The molecule has 3 nitrogen and oxygen atoms in total. The Morgan fingerprint density at radius 2 is 1.91 bits per heavy atom. The lowest BCUT2D eigenvalue weighted by Gasteiger charge is -2.30. The van der Waals surface area contributed by atoms with E-state index in [0.717, 1.165) is 50.5 Å². The highest BCUT2D eigenvalue weighted by molar-refractivity contribution is 5.88. The highest BCUT2D eigenvalue weighted by Crippen LogP contribution is 2.41. The summed E-state index contributed by atoms with van der Waals surface area (Å²) in [4.78, 5) is 12.9. The van der Waals surface area contributed by atoms with E-state index in [2.05, 4.69) is 12.2 Å². The molecular formula is C18H28ClFN2O. The molecule has 0 heterocycles. The molecule has 1 aromatic rings. The van der Waals surface area contributed by atoms with Crippen molar-refractivity contribution in [2.45, 2.75) is 63.3 Å². The summed E-state index contributed by atoms with van der Waals surface area (Å²) in [6.45, 7) is 2.59. The summed E-state index contributed by atoms with van der Waals surface area (Å²) in [5.74, 6) is -0.205. The first-order valence-corrected chi connectivity index (χ1v) is 8.39. The van der Waals surface area contributed by atoms with Crippen molar-refractivity contribution in [2.75, 3.05) is 6.54 Å². The van der Waals surface area contributed by atoms with Gasteiger partial charge in [0.15, 0.2) is 0 Å². The Balaban J connectivity index is 0.00000264. The van der Waals surface area contributed by atoms with E-state index in [-0.39, 0.29) is 30.2 Å². The van der Waals surface area contributed by atoms with Crippen LogP contribution in [0.2, 0.25) is 0 Å². The number of nitrogens with two attached hydrogens (primary N) is 1. The van der Waals surface area contributed by atoms with Crippen LogP contribution >= 0.6 is 12.4 Å². The minimum Gasteiger partial charge on any atom is -0.351 e. The molecule has 0 saturated heterocycles. The van der Waals surface area contributed by atoms with Crippen molar-refractivity contribution in [3.05, 3.63) is 35.6 Å². The zero-order valence-corrected chi connectivity index (χ0v) is 14.6. The van der Waals surface area contributed by atoms with Gasteiger partial charge in [0.2, 0.25) is 5.91 Å². The van der Waals surface area contributed by atoms with Crippen LogP contribution in [0.5, 0.6) is 0 Å². The largest absolute Gasteiger partial charge is 0.351 e. The van der Waals surface area contributed by atoms with Crippen LogP contribution in [0.15, 0.2) is 24.3 Å². The summed E-state index contributed by atoms with van der Waals surface area (Å²) in [7, 11) is 0. The molecule has 1 aliphatic carbocycles. The fourth-order valence-electron chi connectivity index (χ4n) is 3.42. The maximum atomic E-state index is 13.2. The van der Waals surface area contributed by atoms with E-state index < -0.39 is 5.41 Å². The first kappa shape index (κ1) is 19.9. The van der Waals surface area contributed by atoms with Gasteiger partial charge in [-0.2, -0.15) is 0 Å². The van der Waals surface area contributed by atoms with Crippen LogP contribution in [0, 0.1) is 5.82 Å². The summed E-state index contributed by atoms with van der Waals surface area (Å²) < 4.78 is 13.2. The maximum absolute atomic E-state index is 13.2. The average molecular weight is 343 g/mol. The van der Waals surface area contributed by atoms with E-state index in [1.54, 1.807) is 12.1 Å². The van der Waals surface area contributed by atoms with Crippen LogP contribution in [0.25, 0.3) is 0 Å². The fraction of sp³-hybridized carbons (Fsp3) is 0.611. The van der Waals surface area contributed by atoms with Gasteiger partial charge < -0.3 is 11.1 Å². The topological polar surface area (TPSA) is 55.1 Å². The Morgan fingerprint density at radius 1 is 1.30 bits per heavy atom. The van der Waals surface area contributed by atoms with E-state index >= 15 is 0 Å². The van der Waals surface area contributed by atoms with Crippen LogP contribution < -0.4 is 11.1 Å². The Labute approximate surface area is 144 Å². The fourth-order valence-corrected chi connectivity index (χ4v) is 3.42. The number of nitrogens with one attached hydrogen (secondary N) is 1. The van der Waals surface area contributed by atoms with Gasteiger partial charge in [-0.15, -0.1) is 12.4 Å². The summed E-state index contributed by atoms with van der Waals surface area (Å²) in [6.07, 6.45) is 6.80. The minimum atomic E-state index is -0.507. The molecular weight excluding hydrogens is 315 g/mol. The SMILES string of the molecule is CCCCC(CN)NC(=O)C1(c2ccc(F)cc2)CCCC1.Cl. The number of carbonyl (C=O) groups excluding carboxylic acids is 1. The number of carbonyl (C=O) groups is 1. The third-order valence-electron chi connectivity index (χ3n) is 4.81. The standard InChI is InChI=1S/C18H27FN2O.ClH/c1-2-3-6-16(13-20)21-17(22)18(11-4-5-12-18)14-7-9-15(19)10-8-14;/h7-10,16H,2-6,11-13,20H2,1H3,(H,21,22);1H. The van der Waals surface area contributed by atoms with Gasteiger partial charge in [-0.3, -0.25) is 4.79 Å². The lowest BCUT2D eigenvalue weighted by molar-refractivity contribution is -0.127. The highest BCUT2D eigenvalue weighted by atomic mass is 35.5. The number of amides is 1. The zero-order valence-electron chi connectivity index (χ0n) is 13.8. The highest BCUT2D eigenvalue weighted by Gasteiger charge is 2.43. The van der Waals surface area contributed by atoms with Gasteiger partial charge in [-0.05, 0) is 37.0 Å². The lowest BCUT2D eigenvalue weighted by atomic mass is 9.77. The smallest absolute Gasteiger partial charge is 0.230 e. The molecule has 1 unspecified atom stereocenters. The lowest BCUT2D eigenvalue weighted by Crippen LogP contribution is -2.49. The molecule has 130 valence electrons. The van der Waals surface area contributed by atoms with Crippen molar-refractivity contribution < 1.29 is 9.18 Å². The number of rotatable bonds is 7. The second-order valence-corrected chi connectivity index (χ2v) is 6.34. The van der Waals surface area contributed by atoms with E-state index in [1.807, 2.05) is 0 Å². The molecule has 1 aliphatic rings. The molecule has 1 fully saturated rings. The molecule has 0 aliphatic heterocycles. The van der Waals surface area contributed by atoms with Crippen molar-refractivity contribution in [3.63, 3.8) is 0 Å². The summed E-state index contributed by atoms with van der Waals surface area (Å²) in [5.41, 5.74) is 6.22. The molecule has 0 radical (unpaired) electrons. The van der Waals surface area contributed by atoms with Gasteiger partial charge in [-0.25, -0.2) is 4.39 Å². The monoisotopic (exact) mass is 342 g/mol. The Morgan fingerprint density at radius 3 is 2.43 bits per heavy atom. The first-order valence-electron chi connectivity index (χ1n) is 8.39. The molecule has 23 heavy (non-hydrogen) atoms. The number of unbranched alkanes of at least 4 members (excludes halogenated alkanes) is 1. The molecule has 0 bridgehead atoms. The van der Waals surface area contributed by atoms with E-state index in [1.165, 1.54) is 12.1 Å². The molecule has 1 aromatic carbocycles. The molecule has 0 aromatic heterocycles. The molecule has 1 atom stereocenters. The van der Waals surface area contributed by atoms with E-state index in [0.29, 0.717) is 6.54 Å². The van der Waals surface area contributed by atoms with E-state index in [4.69, 9.17) is 5.73 Å². The average Bonchev–Trinajstić information content (AvgIpc) is 3.02. The number of halogens is 2. The molecule has 0 spiro atoms. The second kappa shape index (κ2) is 9.24. The van der Waals surface area contributed by atoms with Crippen LogP contribution in [-0.4, -0.2) is 18.5 Å². The summed E-state index contributed by atoms with van der Waals surface area (Å²) in [6, 6.07) is 6.43. The third-order valence-corrected chi connectivity index (χ3v) is 4.81. The van der Waals surface area contributed by atoms with Crippen LogP contribution in [0.4, 0.5) is 4.39 Å². The van der Waals surface area contributed by atoms with Gasteiger partial charge in [0.1, 0.15) is 5.82 Å². The predicted molar refractivity (Wildman–Crippen MR) is 94.3 cm³/mol. The summed E-state index contributed by atoms with van der Waals surface area (Å²) in [5, 5.41) is 3.14. The van der Waals surface area contributed by atoms with Crippen LogP contribution in [-0.2, 0) is 10.2 Å². The van der Waals surface area contributed by atoms with Crippen LogP contribution in [0.1, 0.15) is 57.4 Å². The maximum Gasteiger partial charge on any atom is 0.230 e. The normalized spacial score (nSPS) is 17.3. The Hall–Kier alpha value is -1.13. The first-order chi connectivity index (χ1) is 10.6. The quantitative estimate of drug-likeness (QED) is 0.794. The van der Waals surface area contributed by atoms with E-state index in [9.17, 15) is 9.18 Å². The third kappa shape index (κ3) is 4.67. The summed E-state index contributed by atoms with van der Waals surface area (Å²) >= 11 is 0. The van der Waals surface area contributed by atoms with Gasteiger partial charge in [0.25, 0.3) is 0 Å². The van der Waals surface area contributed by atoms with Crippen molar-refractivity contribution in [2.24, 2.45) is 5.73 Å². The molecule has 1 amide bonds. The predicted octanol–water partition coefficient (Wildman–Crippen LogP) is 3.69. The van der Waals surface area contributed by atoms with Gasteiger partial charge in [0.05, 0.1) is 5.41 Å². The molecule has 1 saturated carbocycles. The van der Waals surface area contributed by atoms with Gasteiger partial charge in [-0.1, -0.05) is 44.7 Å². The van der Waals surface area contributed by atoms with Crippen molar-refractivity contribution in [3.8, 4) is 0 Å². The van der Waals surface area contributed by atoms with Gasteiger partial charge in [0, 0.05) is 12.6 Å². The second-order valence-electron chi connectivity index (χ2n) is 6.34. The molecule has 5 heteroatoms. The van der Waals surface area contributed by atoms with Crippen molar-refractivity contribution >= 4 is 18.3 Å². The minimum absolute atomic E-state index is 0.